The lowest BCUT2D eigenvalue weighted by Gasteiger charge is -2.12. The third-order valence-corrected chi connectivity index (χ3v) is 4.57. The van der Waals surface area contributed by atoms with Gasteiger partial charge in [-0.05, 0) is 65.4 Å². The lowest BCUT2D eigenvalue weighted by molar-refractivity contribution is 0.262. The van der Waals surface area contributed by atoms with E-state index in [1.165, 1.54) is 0 Å². The lowest BCUT2D eigenvalue weighted by atomic mass is 9.98. The summed E-state index contributed by atoms with van der Waals surface area (Å²) in [7, 11) is 0. The molecule has 4 aromatic rings. The van der Waals surface area contributed by atoms with Gasteiger partial charge in [0, 0.05) is 35.2 Å². The van der Waals surface area contributed by atoms with Crippen LogP contribution < -0.4 is 10.6 Å². The van der Waals surface area contributed by atoms with E-state index >= 15 is 0 Å². The van der Waals surface area contributed by atoms with Crippen molar-refractivity contribution in [2.75, 3.05) is 10.6 Å². The maximum Gasteiger partial charge on any atom is 0.323 e. The van der Waals surface area contributed by atoms with Gasteiger partial charge in [-0.1, -0.05) is 18.2 Å². The van der Waals surface area contributed by atoms with Crippen LogP contribution in [0.3, 0.4) is 0 Å². The first-order chi connectivity index (χ1) is 14.0. The zero-order valence-electron chi connectivity index (χ0n) is 15.5. The van der Waals surface area contributed by atoms with E-state index in [2.05, 4.69) is 15.6 Å². The van der Waals surface area contributed by atoms with Crippen molar-refractivity contribution in [2.45, 2.75) is 6.92 Å². The summed E-state index contributed by atoms with van der Waals surface area (Å²) in [6.07, 6.45) is 3.56. The maximum absolute atomic E-state index is 13.3. The van der Waals surface area contributed by atoms with Crippen LogP contribution in [0, 0.1) is 18.6 Å². The molecule has 4 nitrogen and oxygen atoms in total. The van der Waals surface area contributed by atoms with E-state index < -0.39 is 17.7 Å². The van der Waals surface area contributed by atoms with Crippen LogP contribution >= 0.6 is 0 Å². The quantitative estimate of drug-likeness (QED) is 0.443. The molecule has 0 spiro atoms. The number of pyridine rings is 1. The minimum Gasteiger partial charge on any atom is -0.308 e. The van der Waals surface area contributed by atoms with Gasteiger partial charge in [0.1, 0.15) is 11.6 Å². The first-order valence-corrected chi connectivity index (χ1v) is 8.97. The molecule has 1 heterocycles. The molecule has 0 atom stereocenters. The van der Waals surface area contributed by atoms with Gasteiger partial charge in [-0.25, -0.2) is 13.6 Å². The molecular weight excluding hydrogens is 372 g/mol. The molecule has 0 aliphatic rings. The summed E-state index contributed by atoms with van der Waals surface area (Å²) in [5.74, 6) is -1.52. The van der Waals surface area contributed by atoms with Crippen LogP contribution in [0.5, 0.6) is 0 Å². The number of rotatable bonds is 3. The number of aryl methyl sites for hydroxylation is 1. The summed E-state index contributed by atoms with van der Waals surface area (Å²) in [4.78, 5) is 16.4. The van der Waals surface area contributed by atoms with Crippen molar-refractivity contribution in [3.63, 3.8) is 0 Å². The second kappa shape index (κ2) is 7.67. The molecule has 0 unspecified atom stereocenters. The molecule has 0 bridgehead atoms. The van der Waals surface area contributed by atoms with E-state index in [-0.39, 0.29) is 5.69 Å². The highest BCUT2D eigenvalue weighted by Crippen LogP contribution is 2.29. The first kappa shape index (κ1) is 18.6. The smallest absolute Gasteiger partial charge is 0.308 e. The molecule has 2 amide bonds. The van der Waals surface area contributed by atoms with E-state index in [9.17, 15) is 13.6 Å². The van der Waals surface area contributed by atoms with Crippen LogP contribution in [0.2, 0.25) is 0 Å². The van der Waals surface area contributed by atoms with Crippen molar-refractivity contribution in [1.29, 1.82) is 0 Å². The molecule has 0 radical (unpaired) electrons. The van der Waals surface area contributed by atoms with Crippen LogP contribution in [0.25, 0.3) is 21.9 Å². The Morgan fingerprint density at radius 1 is 0.828 bits per heavy atom. The second-order valence-electron chi connectivity index (χ2n) is 6.70. The van der Waals surface area contributed by atoms with Crippen molar-refractivity contribution in [1.82, 2.24) is 4.98 Å². The largest absolute Gasteiger partial charge is 0.323 e. The topological polar surface area (TPSA) is 54.0 Å². The number of amides is 2. The van der Waals surface area contributed by atoms with Gasteiger partial charge in [0.15, 0.2) is 0 Å². The number of anilines is 2. The van der Waals surface area contributed by atoms with Crippen LogP contribution in [-0.4, -0.2) is 11.0 Å². The van der Waals surface area contributed by atoms with Crippen molar-refractivity contribution in [3.05, 3.63) is 90.3 Å². The molecule has 4 rings (SSSR count). The number of aromatic nitrogens is 1. The number of carbonyl (C=O) groups excluding carboxylic acids is 1. The Hall–Kier alpha value is -3.80. The van der Waals surface area contributed by atoms with Gasteiger partial charge in [0.05, 0.1) is 0 Å². The van der Waals surface area contributed by atoms with Gasteiger partial charge in [-0.15, -0.1) is 0 Å². The Morgan fingerprint density at radius 3 is 2.38 bits per heavy atom. The van der Waals surface area contributed by atoms with Gasteiger partial charge in [-0.3, -0.25) is 4.98 Å². The highest BCUT2D eigenvalue weighted by Gasteiger charge is 2.09. The van der Waals surface area contributed by atoms with E-state index in [0.717, 1.165) is 45.7 Å². The molecule has 0 aliphatic heterocycles. The van der Waals surface area contributed by atoms with Crippen LogP contribution in [0.4, 0.5) is 25.0 Å². The van der Waals surface area contributed by atoms with E-state index in [1.54, 1.807) is 12.3 Å². The van der Waals surface area contributed by atoms with Crippen molar-refractivity contribution in [2.24, 2.45) is 0 Å². The summed E-state index contributed by atoms with van der Waals surface area (Å²) in [5, 5.41) is 7.25. The number of nitrogens with zero attached hydrogens (tertiary/aromatic N) is 1. The summed E-state index contributed by atoms with van der Waals surface area (Å²) in [6.45, 7) is 1.99. The highest BCUT2D eigenvalue weighted by molar-refractivity contribution is 6.00. The van der Waals surface area contributed by atoms with E-state index in [4.69, 9.17) is 0 Å². The molecule has 1 aromatic heterocycles. The number of benzene rings is 3. The molecule has 2 N–H and O–H groups in total. The minimum absolute atomic E-state index is 0.0364. The molecular formula is C23H17F2N3O. The molecule has 0 saturated heterocycles. The lowest BCUT2D eigenvalue weighted by Crippen LogP contribution is -2.19. The molecule has 0 aliphatic carbocycles. The molecule has 144 valence electrons. The van der Waals surface area contributed by atoms with Crippen molar-refractivity contribution < 1.29 is 13.6 Å². The maximum atomic E-state index is 13.3. The van der Waals surface area contributed by atoms with Crippen LogP contribution in [0.15, 0.2) is 73.1 Å². The molecule has 6 heteroatoms. The van der Waals surface area contributed by atoms with Crippen molar-refractivity contribution in [3.8, 4) is 11.1 Å². The average Bonchev–Trinajstić information content (AvgIpc) is 2.68. The summed E-state index contributed by atoms with van der Waals surface area (Å²) < 4.78 is 26.6. The standard InChI is InChI=1S/C23H17F2N3O/c1-14-2-5-20(27-23(29)28-21-10-18(24)9-19(25)11-21)12-22(14)16-4-3-15-6-7-26-13-17(15)8-16/h2-13H,1H3,(H2,27,28,29). The fraction of sp³-hybridized carbons (Fsp3) is 0.0435. The van der Waals surface area contributed by atoms with Gasteiger partial charge in [0.25, 0.3) is 0 Å². The molecule has 29 heavy (non-hydrogen) atoms. The van der Waals surface area contributed by atoms with Crippen molar-refractivity contribution >= 4 is 28.2 Å². The fourth-order valence-electron chi connectivity index (χ4n) is 3.18. The number of carbonyl (C=O) groups is 1. The number of fused-ring (bicyclic) bond motifs is 1. The summed E-state index contributed by atoms with van der Waals surface area (Å²) in [6, 6.07) is 15.8. The third kappa shape index (κ3) is 4.21. The van der Waals surface area contributed by atoms with Gasteiger partial charge in [-0.2, -0.15) is 0 Å². The number of hydrogen-bond acceptors (Lipinski definition) is 2. The number of halogens is 2. The van der Waals surface area contributed by atoms with Crippen LogP contribution in [0.1, 0.15) is 5.56 Å². The molecule has 0 fully saturated rings. The normalized spacial score (nSPS) is 10.7. The first-order valence-electron chi connectivity index (χ1n) is 8.97. The van der Waals surface area contributed by atoms with Crippen LogP contribution in [-0.2, 0) is 0 Å². The zero-order chi connectivity index (χ0) is 20.4. The highest BCUT2D eigenvalue weighted by atomic mass is 19.1. The SMILES string of the molecule is Cc1ccc(NC(=O)Nc2cc(F)cc(F)c2)cc1-c1ccc2ccncc2c1. The Kier molecular flexibility index (Phi) is 4.91. The monoisotopic (exact) mass is 389 g/mol. The minimum atomic E-state index is -0.760. The predicted molar refractivity (Wildman–Crippen MR) is 111 cm³/mol. The van der Waals surface area contributed by atoms with Gasteiger partial charge in [0.2, 0.25) is 0 Å². The second-order valence-corrected chi connectivity index (χ2v) is 6.70. The number of nitrogens with one attached hydrogen (secondary N) is 2. The average molecular weight is 389 g/mol. The number of urea groups is 1. The number of hydrogen-bond donors (Lipinski definition) is 2. The summed E-state index contributed by atoms with van der Waals surface area (Å²) in [5.41, 5.74) is 3.61. The Morgan fingerprint density at radius 2 is 1.59 bits per heavy atom. The third-order valence-electron chi connectivity index (χ3n) is 4.57. The Bertz CT molecular complexity index is 1200. The van der Waals surface area contributed by atoms with Gasteiger partial charge >= 0.3 is 6.03 Å². The predicted octanol–water partition coefficient (Wildman–Crippen LogP) is 6.13. The van der Waals surface area contributed by atoms with E-state index in [1.807, 2.05) is 49.5 Å². The Labute approximate surface area is 166 Å². The van der Waals surface area contributed by atoms with E-state index in [0.29, 0.717) is 5.69 Å². The fourth-order valence-corrected chi connectivity index (χ4v) is 3.18. The zero-order valence-corrected chi connectivity index (χ0v) is 15.5. The molecule has 3 aromatic carbocycles. The summed E-state index contributed by atoms with van der Waals surface area (Å²) >= 11 is 0. The molecule has 0 saturated carbocycles. The van der Waals surface area contributed by atoms with Gasteiger partial charge < -0.3 is 10.6 Å². The Balaban J connectivity index is 1.58.